The van der Waals surface area contributed by atoms with E-state index < -0.39 is 15.8 Å². The molecule has 4 aromatic rings. The van der Waals surface area contributed by atoms with Crippen LogP contribution in [0.3, 0.4) is 0 Å². The Hall–Kier alpha value is 0.147. The zero-order valence-electron chi connectivity index (χ0n) is 36.6. The second-order valence-corrected chi connectivity index (χ2v) is 26.2. The molecule has 324 valence electrons. The molecule has 4 aromatic carbocycles. The van der Waals surface area contributed by atoms with E-state index in [2.05, 4.69) is 191 Å². The van der Waals surface area contributed by atoms with E-state index in [1.807, 2.05) is 0 Å². The van der Waals surface area contributed by atoms with E-state index in [9.17, 15) is 0 Å². The third-order valence-electron chi connectivity index (χ3n) is 13.6. The summed E-state index contributed by atoms with van der Waals surface area (Å²) in [5.41, 5.74) is 0. The maximum Gasteiger partial charge on any atom is 0.0966 e. The summed E-state index contributed by atoms with van der Waals surface area (Å²) in [5, 5.41) is 6.10. The quantitative estimate of drug-likeness (QED) is 0.0937. The van der Waals surface area contributed by atoms with Gasteiger partial charge in [0.15, 0.2) is 0 Å². The van der Waals surface area contributed by atoms with Crippen LogP contribution < -0.4 is 21.2 Å². The molecule has 0 N–H and O–H groups in total. The minimum absolute atomic E-state index is 0. The summed E-state index contributed by atoms with van der Waals surface area (Å²) in [6, 6.07) is 44.6. The molecule has 6 rings (SSSR count). The number of hydrogen-bond donors (Lipinski definition) is 0. The fraction of sp³-hybridized carbons (Fsp3) is 0.469. The van der Waals surface area contributed by atoms with Gasteiger partial charge in [-0.25, -0.2) is 0 Å². The monoisotopic (exact) mass is 1070 g/mol. The smallest absolute Gasteiger partial charge is 0.0620 e. The molecule has 0 nitrogen and oxygen atoms in total. The Morgan fingerprint density at radius 1 is 0.333 bits per heavy atom. The Morgan fingerprint density at radius 2 is 0.474 bits per heavy atom. The first-order valence-electron chi connectivity index (χ1n) is 20.0. The molecule has 0 spiro atoms. The van der Waals surface area contributed by atoms with Gasteiger partial charge in [-0.05, 0) is 108 Å². The van der Waals surface area contributed by atoms with E-state index in [-0.39, 0.29) is 45.1 Å². The van der Waals surface area contributed by atoms with Crippen LogP contribution in [0, 0.1) is 74.0 Å². The zero-order valence-corrected chi connectivity index (χ0v) is 44.9. The normalized spacial score (nSPS) is 25.9. The summed E-state index contributed by atoms with van der Waals surface area (Å²) < 4.78 is 0. The first kappa shape index (κ1) is 57.1. The molecule has 2 aliphatic rings. The van der Waals surface area contributed by atoms with Crippen molar-refractivity contribution in [1.82, 2.24) is 0 Å². The molecule has 2 aliphatic carbocycles. The van der Waals surface area contributed by atoms with E-state index in [4.69, 9.17) is 38.8 Å². The van der Waals surface area contributed by atoms with Crippen LogP contribution in [0.1, 0.15) is 75.7 Å². The maximum atomic E-state index is 4.83. The molecule has 2 saturated carbocycles. The van der Waals surface area contributed by atoms with Crippen molar-refractivity contribution in [3.63, 3.8) is 0 Å². The van der Waals surface area contributed by atoms with Crippen molar-refractivity contribution in [1.29, 1.82) is 0 Å². The molecule has 0 aromatic heterocycles. The van der Waals surface area contributed by atoms with E-state index in [0.717, 1.165) is 59.2 Å². The van der Waals surface area contributed by atoms with Crippen LogP contribution in [0.4, 0.5) is 0 Å². The SMILES string of the molecule is CC1C(C)C(C)C(C)C1C.CC1C(C)C(C)C(C)C1C.[CH3-].[CH3-].[Cl][Rh+][Cl].[Cl][Rh+][Cl].c1ccc([PH+](CCC[PH+](c2ccccc2)c2ccccc2)c2ccccc2)cc1. The number of halogens is 4. The topological polar surface area (TPSA) is 0 Å². The van der Waals surface area contributed by atoms with E-state index >= 15 is 0 Å². The van der Waals surface area contributed by atoms with Gasteiger partial charge >= 0.3 is 69.1 Å². The van der Waals surface area contributed by atoms with Crippen molar-refractivity contribution in [2.24, 2.45) is 59.2 Å². The molecule has 0 radical (unpaired) electrons. The predicted molar refractivity (Wildman–Crippen MR) is 263 cm³/mol. The average molecular weight is 1070 g/mol. The summed E-state index contributed by atoms with van der Waals surface area (Å²) in [4.78, 5) is 0. The Bertz CT molecular complexity index is 1240. The standard InChI is InChI=1S/C27H26P2.2C10H20.2CH3.4ClH.2Rh/c1-5-14-24(15-6-1)28(25-16-7-2-8-17-25)22-13-23-29(26-18-9-3-10-19-26)27-20-11-4-12-21-27;2*1-6-7(2)9(4)10(5)8(6)3;;;;;;;;/h1-12,14-21H,13,22-23H2;2*6-10H,1-5H3;2*1H3;4*1H;;/q;;;2*-1;;;;;2*+3/p-2. The molecule has 0 amide bonds. The third-order valence-corrected chi connectivity index (χ3v) is 19.5. The van der Waals surface area contributed by atoms with Gasteiger partial charge in [0.25, 0.3) is 0 Å². The Labute approximate surface area is 386 Å². The molecule has 8 heteroatoms. The average Bonchev–Trinajstić information content (AvgIpc) is 3.49. The molecule has 0 aliphatic heterocycles. The van der Waals surface area contributed by atoms with Crippen LogP contribution in [-0.4, -0.2) is 12.3 Å². The summed E-state index contributed by atoms with van der Waals surface area (Å²) in [5.74, 6) is 9.35. The Morgan fingerprint density at radius 3 is 0.614 bits per heavy atom. The molecule has 0 saturated heterocycles. The van der Waals surface area contributed by atoms with Gasteiger partial charge < -0.3 is 14.9 Å². The van der Waals surface area contributed by atoms with Crippen molar-refractivity contribution in [2.45, 2.75) is 75.7 Å². The molecular formula is C49H74Cl4P2Rh2+2. The fourth-order valence-electron chi connectivity index (χ4n) is 8.70. The first-order valence-corrected chi connectivity index (χ1v) is 31.8. The van der Waals surface area contributed by atoms with Gasteiger partial charge in [-0.3, -0.25) is 0 Å². The Kier molecular flexibility index (Phi) is 32.0. The largest absolute Gasteiger partial charge is 0.0966 e. The fourth-order valence-corrected chi connectivity index (χ4v) is 14.3. The van der Waals surface area contributed by atoms with Crippen LogP contribution in [0.15, 0.2) is 121 Å². The number of hydrogen-bond acceptors (Lipinski definition) is 0. The maximum absolute atomic E-state index is 4.83. The molecule has 0 heterocycles. The molecule has 0 bridgehead atoms. The van der Waals surface area contributed by atoms with Gasteiger partial charge in [0.2, 0.25) is 0 Å². The van der Waals surface area contributed by atoms with Gasteiger partial charge in [-0.15, -0.1) is 0 Å². The summed E-state index contributed by atoms with van der Waals surface area (Å²) in [7, 11) is 17.9. The molecular weight excluding hydrogens is 998 g/mol. The summed E-state index contributed by atoms with van der Waals surface area (Å²) in [6.07, 6.45) is 3.84. The van der Waals surface area contributed by atoms with Gasteiger partial charge in [0.1, 0.15) is 0 Å². The van der Waals surface area contributed by atoms with Crippen molar-refractivity contribution in [2.75, 3.05) is 12.3 Å². The minimum Gasteiger partial charge on any atom is -0.0620 e. The van der Waals surface area contributed by atoms with Crippen LogP contribution in [0.5, 0.6) is 0 Å². The molecule has 57 heavy (non-hydrogen) atoms. The van der Waals surface area contributed by atoms with Crippen LogP contribution >= 0.6 is 54.6 Å². The van der Waals surface area contributed by atoms with Gasteiger partial charge in [0.05, 0.1) is 49.4 Å². The minimum atomic E-state index is -0.742. The van der Waals surface area contributed by atoms with E-state index in [0.29, 0.717) is 0 Å². The van der Waals surface area contributed by atoms with Gasteiger partial charge in [0, 0.05) is 6.42 Å². The van der Waals surface area contributed by atoms with E-state index in [1.165, 1.54) is 40.0 Å². The molecule has 2 fully saturated rings. The number of rotatable bonds is 8. The van der Waals surface area contributed by atoms with Crippen LogP contribution in [0.2, 0.25) is 0 Å². The predicted octanol–water partition coefficient (Wildman–Crippen LogP) is 15.1. The van der Waals surface area contributed by atoms with Crippen LogP contribution in [-0.2, 0) is 30.3 Å². The van der Waals surface area contributed by atoms with Crippen LogP contribution in [0.25, 0.3) is 0 Å². The van der Waals surface area contributed by atoms with Crippen molar-refractivity contribution in [3.05, 3.63) is 136 Å². The molecule has 0 unspecified atom stereocenters. The Balaban J connectivity index is 0.000000920. The van der Waals surface area contributed by atoms with Gasteiger partial charge in [-0.2, -0.15) is 0 Å². The third kappa shape index (κ3) is 18.6. The number of benzene rings is 4. The summed E-state index contributed by atoms with van der Waals surface area (Å²) in [6.45, 7) is 24.0. The van der Waals surface area contributed by atoms with E-state index in [1.54, 1.807) is 0 Å². The van der Waals surface area contributed by atoms with Crippen molar-refractivity contribution >= 4 is 75.8 Å². The second-order valence-electron chi connectivity index (χ2n) is 16.0. The van der Waals surface area contributed by atoms with Crippen molar-refractivity contribution in [3.8, 4) is 0 Å². The molecule has 0 atom stereocenters. The van der Waals surface area contributed by atoms with Crippen molar-refractivity contribution < 1.29 is 30.3 Å². The second kappa shape index (κ2) is 31.9. The summed E-state index contributed by atoms with van der Waals surface area (Å²) >= 11 is -0.451. The first-order chi connectivity index (χ1) is 26.4. The van der Waals surface area contributed by atoms with Gasteiger partial charge in [-0.1, -0.05) is 142 Å². The zero-order chi connectivity index (χ0) is 40.9.